The maximum atomic E-state index is 12.6. The average molecular weight is 682 g/mol. The molecule has 0 fully saturated rings. The molecule has 0 aliphatic carbocycles. The predicted octanol–water partition coefficient (Wildman–Crippen LogP) is 7.59. The molecule has 1 aromatic rings. The summed E-state index contributed by atoms with van der Waals surface area (Å²) >= 11 is 0. The molecule has 0 aliphatic heterocycles. The minimum atomic E-state index is -0.208. The molecule has 0 bridgehead atoms. The molecule has 262 valence electrons. The summed E-state index contributed by atoms with van der Waals surface area (Å²) in [5, 5.41) is 2.99. The standard InChI is InChI=1S/C36H59NO7S2/c1-29(2)13-9-19-37-35(39)31-15-8-18-33(27-31)44-28-34(45-46-36(5,6)7)43-26-25-42-24-23-41-22-12-17-32(38)16-11-21-40-20-10-14-30(3)4/h8,15,18,27,29-30,34H,9,11-13,16-17,19-26,28H2,1-7H3,(H,37,39)/t34-/m1/s1. The summed E-state index contributed by atoms with van der Waals surface area (Å²) in [4.78, 5) is 24.6. The van der Waals surface area contributed by atoms with Gasteiger partial charge in [0.05, 0.1) is 26.4 Å². The number of rotatable bonds is 26. The summed E-state index contributed by atoms with van der Waals surface area (Å²) in [6.07, 6.45) is 4.54. The quantitative estimate of drug-likeness (QED) is 0.0460. The molecule has 46 heavy (non-hydrogen) atoms. The van der Waals surface area contributed by atoms with Gasteiger partial charge >= 0.3 is 0 Å². The first-order chi connectivity index (χ1) is 22.0. The number of benzene rings is 1. The zero-order valence-electron chi connectivity index (χ0n) is 29.3. The lowest BCUT2D eigenvalue weighted by Crippen LogP contribution is -2.25. The Morgan fingerprint density at radius 3 is 2.24 bits per heavy atom. The molecule has 0 heterocycles. The Bertz CT molecular complexity index is 1020. The van der Waals surface area contributed by atoms with Gasteiger partial charge in [-0.3, -0.25) is 9.59 Å². The van der Waals surface area contributed by atoms with Crippen molar-refractivity contribution in [2.45, 2.75) is 97.2 Å². The molecule has 0 unspecified atom stereocenters. The van der Waals surface area contributed by atoms with E-state index in [-0.39, 0.29) is 21.9 Å². The summed E-state index contributed by atoms with van der Waals surface area (Å²) in [5.41, 5.74) is 0.378. The fraction of sp³-hybridized carbons (Fsp3) is 0.722. The summed E-state index contributed by atoms with van der Waals surface area (Å²) in [5.74, 6) is 7.78. The van der Waals surface area contributed by atoms with Gasteiger partial charge in [0.25, 0.3) is 5.91 Å². The molecule has 1 N–H and O–H groups in total. The van der Waals surface area contributed by atoms with E-state index in [4.69, 9.17) is 23.7 Å². The lowest BCUT2D eigenvalue weighted by Gasteiger charge is -2.22. The van der Waals surface area contributed by atoms with Crippen LogP contribution in [0.5, 0.6) is 5.75 Å². The number of hydrogen-bond donors (Lipinski definition) is 1. The number of ether oxygens (including phenoxy) is 5. The van der Waals surface area contributed by atoms with Gasteiger partial charge in [-0.25, -0.2) is 0 Å². The van der Waals surface area contributed by atoms with Crippen LogP contribution in [0.4, 0.5) is 0 Å². The number of nitrogens with one attached hydrogen (secondary N) is 1. The molecule has 0 aromatic heterocycles. The van der Waals surface area contributed by atoms with E-state index in [2.05, 4.69) is 51.8 Å². The lowest BCUT2D eigenvalue weighted by molar-refractivity contribution is -0.119. The fourth-order valence-electron chi connectivity index (χ4n) is 3.80. The number of ketones is 1. The van der Waals surface area contributed by atoms with E-state index in [1.807, 2.05) is 26.0 Å². The highest BCUT2D eigenvalue weighted by Crippen LogP contribution is 2.38. The van der Waals surface area contributed by atoms with Crippen molar-refractivity contribution in [2.75, 3.05) is 59.4 Å². The van der Waals surface area contributed by atoms with Gasteiger partial charge in [0, 0.05) is 48.8 Å². The first-order valence-electron chi connectivity index (χ1n) is 16.7. The minimum Gasteiger partial charge on any atom is -0.490 e. The maximum Gasteiger partial charge on any atom is 0.251 e. The summed E-state index contributed by atoms with van der Waals surface area (Å²) < 4.78 is 28.9. The Labute approximate surface area is 286 Å². The second-order valence-corrected chi connectivity index (χ2v) is 15.9. The van der Waals surface area contributed by atoms with Crippen molar-refractivity contribution in [3.8, 4) is 17.6 Å². The molecule has 1 rings (SSSR count). The van der Waals surface area contributed by atoms with E-state index in [9.17, 15) is 9.59 Å². The highest BCUT2D eigenvalue weighted by Gasteiger charge is 2.18. The maximum absolute atomic E-state index is 12.6. The van der Waals surface area contributed by atoms with Crippen LogP contribution >= 0.6 is 21.6 Å². The number of carbonyl (C=O) groups excluding carboxylic acids is 2. The molecule has 0 saturated heterocycles. The van der Waals surface area contributed by atoms with Crippen LogP contribution in [0.2, 0.25) is 0 Å². The molecule has 0 aliphatic rings. The van der Waals surface area contributed by atoms with Gasteiger partial charge in [-0.2, -0.15) is 0 Å². The van der Waals surface area contributed by atoms with E-state index < -0.39 is 0 Å². The van der Waals surface area contributed by atoms with Gasteiger partial charge in [-0.05, 0) is 49.8 Å². The number of carbonyl (C=O) groups is 2. The van der Waals surface area contributed by atoms with E-state index in [0.29, 0.717) is 102 Å². The van der Waals surface area contributed by atoms with Gasteiger partial charge in [-0.1, -0.05) is 88.0 Å². The van der Waals surface area contributed by atoms with Gasteiger partial charge < -0.3 is 29.0 Å². The zero-order chi connectivity index (χ0) is 34.0. The van der Waals surface area contributed by atoms with Crippen LogP contribution in [0.3, 0.4) is 0 Å². The first-order valence-corrected chi connectivity index (χ1v) is 18.9. The Kier molecular flexibility index (Phi) is 24.1. The first kappa shape index (κ1) is 42.3. The van der Waals surface area contributed by atoms with Gasteiger partial charge in [0.2, 0.25) is 0 Å². The van der Waals surface area contributed by atoms with E-state index >= 15 is 0 Å². The van der Waals surface area contributed by atoms with E-state index in [1.54, 1.807) is 33.7 Å². The van der Waals surface area contributed by atoms with Crippen LogP contribution in [0.15, 0.2) is 24.3 Å². The van der Waals surface area contributed by atoms with Crippen LogP contribution in [-0.2, 0) is 23.7 Å². The second-order valence-electron chi connectivity index (χ2n) is 12.7. The SMILES string of the molecule is CC(C)C#CCOCCCC(=O)CCCOCCOCCO[C@@H](COc1cccc(C(=O)NCCCC(C)C)c1)SSC(C)(C)C. The van der Waals surface area contributed by atoms with E-state index in [1.165, 1.54) is 0 Å². The normalized spacial score (nSPS) is 12.2. The van der Waals surface area contributed by atoms with Crippen molar-refractivity contribution in [2.24, 2.45) is 11.8 Å². The number of Topliss-reactive ketones (excluding diaryl/α,β-unsaturated/α-hetero) is 1. The van der Waals surface area contributed by atoms with Crippen molar-refractivity contribution in [3.63, 3.8) is 0 Å². The Morgan fingerprint density at radius 2 is 1.57 bits per heavy atom. The third kappa shape index (κ3) is 25.4. The van der Waals surface area contributed by atoms with Crippen molar-refractivity contribution in [1.29, 1.82) is 0 Å². The van der Waals surface area contributed by atoms with Crippen molar-refractivity contribution < 1.29 is 33.3 Å². The van der Waals surface area contributed by atoms with Crippen molar-refractivity contribution in [3.05, 3.63) is 29.8 Å². The molecular formula is C36H59NO7S2. The Hall–Kier alpha value is -1.74. The smallest absolute Gasteiger partial charge is 0.251 e. The Morgan fingerprint density at radius 1 is 0.891 bits per heavy atom. The van der Waals surface area contributed by atoms with Crippen LogP contribution in [-0.4, -0.2) is 81.3 Å². The summed E-state index contributed by atoms with van der Waals surface area (Å²) in [6, 6.07) is 7.27. The van der Waals surface area contributed by atoms with Crippen LogP contribution in [0.25, 0.3) is 0 Å². The Balaban J connectivity index is 2.24. The third-order valence-corrected chi connectivity index (χ3v) is 9.60. The van der Waals surface area contributed by atoms with Crippen LogP contribution in [0.1, 0.15) is 97.3 Å². The monoisotopic (exact) mass is 681 g/mol. The highest BCUT2D eigenvalue weighted by molar-refractivity contribution is 8.77. The molecule has 8 nitrogen and oxygen atoms in total. The van der Waals surface area contributed by atoms with Crippen molar-refractivity contribution in [1.82, 2.24) is 5.32 Å². The summed E-state index contributed by atoms with van der Waals surface area (Å²) in [7, 11) is 3.37. The molecule has 1 amide bonds. The van der Waals surface area contributed by atoms with Crippen LogP contribution < -0.4 is 10.1 Å². The molecule has 10 heteroatoms. The minimum absolute atomic E-state index is 0.0647. The van der Waals surface area contributed by atoms with Crippen molar-refractivity contribution >= 4 is 33.3 Å². The average Bonchev–Trinajstić information content (AvgIpc) is 3.00. The molecule has 0 spiro atoms. The molecule has 1 aromatic carbocycles. The van der Waals surface area contributed by atoms with E-state index in [0.717, 1.165) is 19.3 Å². The van der Waals surface area contributed by atoms with Gasteiger partial charge in [0.1, 0.15) is 30.2 Å². The molecule has 0 radical (unpaired) electrons. The van der Waals surface area contributed by atoms with Gasteiger partial charge in [-0.15, -0.1) is 0 Å². The third-order valence-electron chi connectivity index (χ3n) is 6.09. The molecule has 0 saturated carbocycles. The van der Waals surface area contributed by atoms with Gasteiger partial charge in [0.15, 0.2) is 0 Å². The second kappa shape index (κ2) is 26.2. The zero-order valence-corrected chi connectivity index (χ0v) is 31.0. The molecular weight excluding hydrogens is 623 g/mol. The highest BCUT2D eigenvalue weighted by atomic mass is 33.1. The van der Waals surface area contributed by atoms with Crippen LogP contribution in [0, 0.1) is 23.7 Å². The summed E-state index contributed by atoms with van der Waals surface area (Å²) in [6.45, 7) is 19.3. The predicted molar refractivity (Wildman–Crippen MR) is 192 cm³/mol. The molecule has 1 atom stereocenters. The fourth-order valence-corrected chi connectivity index (χ4v) is 6.00. The number of amides is 1. The topological polar surface area (TPSA) is 92.3 Å². The largest absolute Gasteiger partial charge is 0.490 e. The number of hydrogen-bond acceptors (Lipinski definition) is 9. The lowest BCUT2D eigenvalue weighted by atomic mass is 10.1.